The van der Waals surface area contributed by atoms with Crippen LogP contribution in [0.5, 0.6) is 0 Å². The van der Waals surface area contributed by atoms with Crippen molar-refractivity contribution in [2.45, 2.75) is 286 Å². The van der Waals surface area contributed by atoms with Gasteiger partial charge in [-0.15, -0.1) is 0 Å². The van der Waals surface area contributed by atoms with E-state index in [-0.39, 0.29) is 34.9 Å². The van der Waals surface area contributed by atoms with Gasteiger partial charge in [-0.3, -0.25) is 14.4 Å². The number of hydrogen-bond donors (Lipinski definition) is 16. The standard InChI is InChI=1S/C62H102N2O27/c1-25(18-28(70)19-59(4,5)81)30-11-12-31-29-10-13-38-60(6,7)39(15-17-62(38,9)32(29)14-16-61(30,31)8)89-58-52(46(75)37(24-83-58)88-54-40(63-26(2)68)47(76)42(71)33(20-65)84-54)90-55-41(64-27(3)69)48(77)45(74)36(87-55)23-82-57-53(50(79)44(73)35(22-67)86-57)91-56-51(80)49(78)43(72)34(21-66)85-56/h25,30-31,33-58,65-67,71-81H,10-24H2,1-9H3,(H,63,68)(H,64,69)/t25-,30-,31+,33-,34-,35-,36-,37-,38+,39+,40-,41-,42+,43-,44-,45-,46+,47-,48-,49+,50+,51-,52-,53-,54+,55+,56+,57-,58+,61-,62-/m1/s1. The summed E-state index contributed by atoms with van der Waals surface area (Å²) in [5.41, 5.74) is 1.18. The lowest BCUT2D eigenvalue weighted by Crippen LogP contribution is -2.68. The monoisotopic (exact) mass is 1310 g/mol. The van der Waals surface area contributed by atoms with Crippen molar-refractivity contribution in [3.63, 3.8) is 0 Å². The van der Waals surface area contributed by atoms with Gasteiger partial charge in [-0.1, -0.05) is 45.8 Å². The first-order valence-electron chi connectivity index (χ1n) is 32.3. The van der Waals surface area contributed by atoms with Gasteiger partial charge in [-0.2, -0.15) is 0 Å². The minimum Gasteiger partial charge on any atom is -0.394 e. The molecule has 2 saturated carbocycles. The number of rotatable bonds is 21. The van der Waals surface area contributed by atoms with Crippen LogP contribution in [0.25, 0.3) is 0 Å². The fourth-order valence-electron chi connectivity index (χ4n) is 17.2. The summed E-state index contributed by atoms with van der Waals surface area (Å²) in [7, 11) is 0. The van der Waals surface area contributed by atoms with E-state index in [2.05, 4.69) is 45.3 Å². The topological polar surface area (TPSA) is 451 Å². The first-order valence-corrected chi connectivity index (χ1v) is 32.3. The van der Waals surface area contributed by atoms with Gasteiger partial charge in [0.2, 0.25) is 11.8 Å². The number of aliphatic hydroxyl groups excluding tert-OH is 13. The van der Waals surface area contributed by atoms with Crippen LogP contribution in [0, 0.1) is 39.9 Å². The molecule has 0 unspecified atom stereocenters. The fraction of sp³-hybridized carbons (Fsp3) is 0.919. The molecule has 0 aromatic rings. The van der Waals surface area contributed by atoms with Crippen LogP contribution in [-0.4, -0.2) is 281 Å². The normalized spacial score (nSPS) is 47.2. The Labute approximate surface area is 529 Å². The Bertz CT molecular complexity index is 2520. The molecule has 0 aromatic heterocycles. The number of ether oxygens (including phenoxy) is 10. The van der Waals surface area contributed by atoms with E-state index in [0.717, 1.165) is 58.8 Å². The molecule has 5 aliphatic heterocycles. The van der Waals surface area contributed by atoms with E-state index in [1.165, 1.54) is 11.1 Å². The number of amides is 2. The molecule has 16 N–H and O–H groups in total. The maximum Gasteiger partial charge on any atom is 0.217 e. The Morgan fingerprint density at radius 2 is 1.12 bits per heavy atom. The summed E-state index contributed by atoms with van der Waals surface area (Å²) in [6.07, 6.45) is -31.6. The van der Waals surface area contributed by atoms with Gasteiger partial charge in [-0.25, -0.2) is 0 Å². The van der Waals surface area contributed by atoms with Gasteiger partial charge in [0.05, 0.1) is 44.7 Å². The van der Waals surface area contributed by atoms with E-state index in [1.54, 1.807) is 13.8 Å². The molecule has 91 heavy (non-hydrogen) atoms. The molecule has 5 saturated heterocycles. The van der Waals surface area contributed by atoms with Crippen molar-refractivity contribution in [1.82, 2.24) is 10.6 Å². The van der Waals surface area contributed by atoms with Gasteiger partial charge in [0, 0.05) is 26.7 Å². The molecule has 9 aliphatic rings. The van der Waals surface area contributed by atoms with E-state index in [4.69, 9.17) is 47.4 Å². The first-order chi connectivity index (χ1) is 42.7. The summed E-state index contributed by atoms with van der Waals surface area (Å²) in [6.45, 7) is 13.1. The number of carbonyl (C=O) groups is 3. The molecular formula is C62H102N2O27. The summed E-state index contributed by atoms with van der Waals surface area (Å²) >= 11 is 0. The number of fused-ring (bicyclic) bond motifs is 4. The number of allylic oxidation sites excluding steroid dienone is 2. The molecule has 4 aliphatic carbocycles. The first kappa shape index (κ1) is 72.7. The van der Waals surface area contributed by atoms with E-state index in [1.807, 2.05) is 0 Å². The molecule has 0 spiro atoms. The van der Waals surface area contributed by atoms with E-state index in [0.29, 0.717) is 24.7 Å². The number of aliphatic hydroxyl groups is 14. The zero-order chi connectivity index (χ0) is 66.7. The van der Waals surface area contributed by atoms with Crippen LogP contribution in [0.2, 0.25) is 0 Å². The lowest BCUT2D eigenvalue weighted by Gasteiger charge is -2.61. The second-order valence-corrected chi connectivity index (χ2v) is 28.9. The third-order valence-electron chi connectivity index (χ3n) is 21.8. The van der Waals surface area contributed by atoms with Crippen molar-refractivity contribution in [3.05, 3.63) is 11.1 Å². The van der Waals surface area contributed by atoms with Gasteiger partial charge in [0.15, 0.2) is 31.5 Å². The van der Waals surface area contributed by atoms with Gasteiger partial charge >= 0.3 is 0 Å². The number of hydrogen-bond acceptors (Lipinski definition) is 27. The zero-order valence-electron chi connectivity index (χ0n) is 53.4. The van der Waals surface area contributed by atoms with Gasteiger partial charge in [0.1, 0.15) is 122 Å². The SMILES string of the molecule is CC(=O)N[C@H]1[C@H](O[C@@H]2CO[C@@H](O[C@H]3CC[C@]4(C)C5=C(CC[C@H]4C3(C)C)[C@@H]3CC[C@H]([C@H](C)CC(=O)CC(C)(C)O)[C@@]3(C)CC5)[C@H](O[C@@H]3O[C@H](CO[C@@H]4O[C@H](CO)[C@@H](O)[C@H](O)[C@H]4O[C@@H]4O[C@H](CO)[C@@H](O)[C@H](O)[C@H]4O)[C@@H](O)[C@H](O)[C@H]3NC(C)=O)[C@H]2O)O[C@H](CO)[C@H](O)[C@@H]1O. The second kappa shape index (κ2) is 28.8. The number of carbonyl (C=O) groups excluding carboxylic acids is 3. The van der Waals surface area contributed by atoms with E-state index < -0.39 is 209 Å². The van der Waals surface area contributed by atoms with Crippen molar-refractivity contribution in [2.75, 3.05) is 33.0 Å². The minimum absolute atomic E-state index is 0.0136. The highest BCUT2D eigenvalue weighted by atomic mass is 16.8. The third-order valence-corrected chi connectivity index (χ3v) is 21.8. The van der Waals surface area contributed by atoms with E-state index >= 15 is 0 Å². The van der Waals surface area contributed by atoms with Crippen molar-refractivity contribution in [1.29, 1.82) is 0 Å². The Hall–Kier alpha value is -2.61. The lowest BCUT2D eigenvalue weighted by molar-refractivity contribution is -0.379. The maximum atomic E-state index is 13.1. The molecule has 5 heterocycles. The van der Waals surface area contributed by atoms with Crippen molar-refractivity contribution < 1.29 is 133 Å². The summed E-state index contributed by atoms with van der Waals surface area (Å²) in [4.78, 5) is 38.6. The van der Waals surface area contributed by atoms with Crippen LogP contribution in [0.3, 0.4) is 0 Å². The molecular weight excluding hydrogens is 1200 g/mol. The molecule has 31 atom stereocenters. The average Bonchev–Trinajstić information content (AvgIpc) is 1.70. The molecule has 0 bridgehead atoms. The molecule has 7 fully saturated rings. The highest BCUT2D eigenvalue weighted by molar-refractivity contribution is 5.79. The molecule has 0 aromatic carbocycles. The Balaban J connectivity index is 0.980. The molecule has 0 radical (unpaired) electrons. The summed E-state index contributed by atoms with van der Waals surface area (Å²) in [6, 6.07) is -3.07. The molecule has 29 heteroatoms. The molecule has 522 valence electrons. The van der Waals surface area contributed by atoms with Crippen LogP contribution in [-0.2, 0) is 61.8 Å². The predicted octanol–water partition coefficient (Wildman–Crippen LogP) is -3.49. The van der Waals surface area contributed by atoms with Gasteiger partial charge in [0.25, 0.3) is 0 Å². The van der Waals surface area contributed by atoms with Crippen LogP contribution in [0.4, 0.5) is 0 Å². The highest BCUT2D eigenvalue weighted by Gasteiger charge is 2.62. The van der Waals surface area contributed by atoms with E-state index in [9.17, 15) is 85.9 Å². The molecule has 2 amide bonds. The van der Waals surface area contributed by atoms with Crippen molar-refractivity contribution in [2.24, 2.45) is 39.9 Å². The number of ketones is 1. The minimum atomic E-state index is -1.99. The number of Topliss-reactive ketones (excluding diaryl/α,β-unsaturated/α-hetero) is 1. The maximum absolute atomic E-state index is 13.1. The van der Waals surface area contributed by atoms with Crippen molar-refractivity contribution >= 4 is 17.6 Å². The quantitative estimate of drug-likeness (QED) is 0.0496. The van der Waals surface area contributed by atoms with Crippen LogP contribution in [0.1, 0.15) is 127 Å². The summed E-state index contributed by atoms with van der Waals surface area (Å²) < 4.78 is 61.8. The smallest absolute Gasteiger partial charge is 0.217 e. The highest BCUT2D eigenvalue weighted by Crippen LogP contribution is 2.68. The lowest BCUT2D eigenvalue weighted by atomic mass is 9.45. The number of nitrogens with one attached hydrogen (secondary N) is 2. The zero-order valence-corrected chi connectivity index (χ0v) is 53.4. The third kappa shape index (κ3) is 14.7. The molecule has 9 rings (SSSR count). The Morgan fingerprint density at radius 3 is 1.71 bits per heavy atom. The average molecular weight is 1310 g/mol. The van der Waals surface area contributed by atoms with Crippen LogP contribution < -0.4 is 10.6 Å². The largest absolute Gasteiger partial charge is 0.394 e. The predicted molar refractivity (Wildman–Crippen MR) is 310 cm³/mol. The Morgan fingerprint density at radius 1 is 0.593 bits per heavy atom. The van der Waals surface area contributed by atoms with Crippen LogP contribution in [0.15, 0.2) is 11.1 Å². The molecule has 29 nitrogen and oxygen atoms in total. The van der Waals surface area contributed by atoms with Crippen molar-refractivity contribution in [3.8, 4) is 0 Å². The van der Waals surface area contributed by atoms with Gasteiger partial charge in [-0.05, 0) is 105 Å². The van der Waals surface area contributed by atoms with Gasteiger partial charge < -0.3 is 129 Å². The summed E-state index contributed by atoms with van der Waals surface area (Å²) in [5, 5.41) is 158. The Kier molecular flexibility index (Phi) is 23.0. The fourth-order valence-corrected chi connectivity index (χ4v) is 17.2. The van der Waals surface area contributed by atoms with Crippen LogP contribution >= 0.6 is 0 Å². The summed E-state index contributed by atoms with van der Waals surface area (Å²) in [5.74, 6) is -0.322. The second-order valence-electron chi connectivity index (χ2n) is 28.9.